The Morgan fingerprint density at radius 1 is 1.36 bits per heavy atom. The highest BCUT2D eigenvalue weighted by Gasteiger charge is 2.35. The molecule has 0 unspecified atom stereocenters. The van der Waals surface area contributed by atoms with Crippen molar-refractivity contribution >= 4 is 45.6 Å². The third kappa shape index (κ3) is 3.48. The van der Waals surface area contributed by atoms with Crippen molar-refractivity contribution in [2.24, 2.45) is 0 Å². The lowest BCUT2D eigenvalue weighted by molar-refractivity contribution is -0.121. The molecule has 6 nitrogen and oxygen atoms in total. The Hall–Kier alpha value is -2.12. The number of carbonyl (C=O) groups excluding carboxylic acids is 2. The largest absolute Gasteiger partial charge is 0.365 e. The van der Waals surface area contributed by atoms with Crippen LogP contribution in [-0.4, -0.2) is 47.9 Å². The predicted octanol–water partition coefficient (Wildman–Crippen LogP) is 3.02. The van der Waals surface area contributed by atoms with Gasteiger partial charge in [-0.2, -0.15) is 0 Å². The first-order valence-corrected chi connectivity index (χ1v) is 9.12. The Morgan fingerprint density at radius 3 is 2.64 bits per heavy atom. The minimum absolute atomic E-state index is 0.0504. The molecule has 1 aromatic carbocycles. The molecule has 132 valence electrons. The molecule has 1 saturated heterocycles. The SMILES string of the molecule is CNc1nc(C)c(C(=O)N2CC(=O)N(c3ccc(Cl)cc3)C[C@@H]2C)s1. The number of piperazine rings is 1. The van der Waals surface area contributed by atoms with Crippen molar-refractivity contribution in [3.63, 3.8) is 0 Å². The van der Waals surface area contributed by atoms with E-state index in [0.717, 1.165) is 5.69 Å². The second-order valence-electron chi connectivity index (χ2n) is 5.95. The van der Waals surface area contributed by atoms with Crippen LogP contribution in [0.1, 0.15) is 22.3 Å². The van der Waals surface area contributed by atoms with E-state index in [1.54, 1.807) is 35.9 Å². The monoisotopic (exact) mass is 378 g/mol. The van der Waals surface area contributed by atoms with E-state index >= 15 is 0 Å². The summed E-state index contributed by atoms with van der Waals surface area (Å²) < 4.78 is 0. The quantitative estimate of drug-likeness (QED) is 0.891. The van der Waals surface area contributed by atoms with Gasteiger partial charge < -0.3 is 15.1 Å². The highest BCUT2D eigenvalue weighted by atomic mass is 35.5. The van der Waals surface area contributed by atoms with Crippen LogP contribution in [0.5, 0.6) is 0 Å². The predicted molar refractivity (Wildman–Crippen MR) is 101 cm³/mol. The van der Waals surface area contributed by atoms with Gasteiger partial charge in [0.15, 0.2) is 5.13 Å². The zero-order chi connectivity index (χ0) is 18.1. The second-order valence-corrected chi connectivity index (χ2v) is 7.38. The number of nitrogens with one attached hydrogen (secondary N) is 1. The minimum atomic E-state index is -0.145. The van der Waals surface area contributed by atoms with Crippen molar-refractivity contribution in [3.8, 4) is 0 Å². The normalized spacial score (nSPS) is 17.8. The molecule has 0 aliphatic carbocycles. The van der Waals surface area contributed by atoms with Gasteiger partial charge in [0.2, 0.25) is 5.91 Å². The average molecular weight is 379 g/mol. The van der Waals surface area contributed by atoms with E-state index in [1.807, 2.05) is 19.1 Å². The third-order valence-electron chi connectivity index (χ3n) is 4.19. The number of hydrogen-bond acceptors (Lipinski definition) is 5. The van der Waals surface area contributed by atoms with Gasteiger partial charge >= 0.3 is 0 Å². The Bertz CT molecular complexity index is 805. The number of benzene rings is 1. The zero-order valence-electron chi connectivity index (χ0n) is 14.2. The lowest BCUT2D eigenvalue weighted by Gasteiger charge is -2.39. The number of amides is 2. The first-order valence-electron chi connectivity index (χ1n) is 7.92. The summed E-state index contributed by atoms with van der Waals surface area (Å²) in [5.41, 5.74) is 1.47. The van der Waals surface area contributed by atoms with E-state index in [9.17, 15) is 9.59 Å². The number of aryl methyl sites for hydroxylation is 1. The second kappa shape index (κ2) is 7.01. The lowest BCUT2D eigenvalue weighted by Crippen LogP contribution is -2.57. The van der Waals surface area contributed by atoms with Crippen LogP contribution in [0, 0.1) is 6.92 Å². The van der Waals surface area contributed by atoms with Gasteiger partial charge in [-0.25, -0.2) is 4.98 Å². The number of thiazole rings is 1. The summed E-state index contributed by atoms with van der Waals surface area (Å²) in [6.45, 7) is 4.25. The van der Waals surface area contributed by atoms with E-state index in [-0.39, 0.29) is 24.4 Å². The molecule has 25 heavy (non-hydrogen) atoms. The topological polar surface area (TPSA) is 65.5 Å². The molecule has 1 aliphatic heterocycles. The molecule has 0 saturated carbocycles. The number of nitrogens with zero attached hydrogens (tertiary/aromatic N) is 3. The van der Waals surface area contributed by atoms with E-state index in [1.165, 1.54) is 11.3 Å². The number of hydrogen-bond donors (Lipinski definition) is 1. The van der Waals surface area contributed by atoms with Gasteiger partial charge in [0, 0.05) is 30.3 Å². The van der Waals surface area contributed by atoms with Gasteiger partial charge in [-0.1, -0.05) is 22.9 Å². The Balaban J connectivity index is 1.79. The summed E-state index contributed by atoms with van der Waals surface area (Å²) in [5, 5.41) is 4.27. The van der Waals surface area contributed by atoms with Crippen LogP contribution in [0.15, 0.2) is 24.3 Å². The first-order chi connectivity index (χ1) is 11.9. The fourth-order valence-corrected chi connectivity index (χ4v) is 3.83. The van der Waals surface area contributed by atoms with Gasteiger partial charge in [-0.05, 0) is 38.1 Å². The summed E-state index contributed by atoms with van der Waals surface area (Å²) in [7, 11) is 1.77. The van der Waals surface area contributed by atoms with Gasteiger partial charge in [0.25, 0.3) is 5.91 Å². The zero-order valence-corrected chi connectivity index (χ0v) is 15.8. The van der Waals surface area contributed by atoms with Crippen LogP contribution < -0.4 is 10.2 Å². The van der Waals surface area contributed by atoms with Crippen LogP contribution in [-0.2, 0) is 4.79 Å². The first kappa shape index (κ1) is 17.7. The summed E-state index contributed by atoms with van der Waals surface area (Å²) in [6.07, 6.45) is 0. The molecule has 0 spiro atoms. The number of halogens is 1. The number of aromatic nitrogens is 1. The van der Waals surface area contributed by atoms with E-state index in [2.05, 4.69) is 10.3 Å². The highest BCUT2D eigenvalue weighted by molar-refractivity contribution is 7.17. The lowest BCUT2D eigenvalue weighted by atomic mass is 10.1. The fraction of sp³-hybridized carbons (Fsp3) is 0.353. The maximum Gasteiger partial charge on any atom is 0.266 e. The smallest absolute Gasteiger partial charge is 0.266 e. The average Bonchev–Trinajstić information content (AvgIpc) is 2.98. The molecule has 2 heterocycles. The maximum atomic E-state index is 12.9. The van der Waals surface area contributed by atoms with Gasteiger partial charge in [0.1, 0.15) is 11.4 Å². The van der Waals surface area contributed by atoms with Crippen molar-refractivity contribution in [3.05, 3.63) is 39.9 Å². The van der Waals surface area contributed by atoms with Crippen LogP contribution in [0.4, 0.5) is 10.8 Å². The molecule has 1 aliphatic rings. The molecule has 3 rings (SSSR count). The summed E-state index contributed by atoms with van der Waals surface area (Å²) >= 11 is 7.22. The van der Waals surface area contributed by atoms with Crippen molar-refractivity contribution in [1.29, 1.82) is 0 Å². The van der Waals surface area contributed by atoms with Crippen LogP contribution in [0.25, 0.3) is 0 Å². The van der Waals surface area contributed by atoms with Gasteiger partial charge in [-0.3, -0.25) is 9.59 Å². The third-order valence-corrected chi connectivity index (χ3v) is 5.60. The summed E-state index contributed by atoms with van der Waals surface area (Å²) in [4.78, 5) is 33.7. The minimum Gasteiger partial charge on any atom is -0.365 e. The fourth-order valence-electron chi connectivity index (χ4n) is 2.83. The Labute approximate surface area is 155 Å². The van der Waals surface area contributed by atoms with Crippen LogP contribution in [0.3, 0.4) is 0 Å². The maximum absolute atomic E-state index is 12.9. The molecule has 2 amide bonds. The molecule has 0 radical (unpaired) electrons. The van der Waals surface area contributed by atoms with Crippen molar-refractivity contribution in [1.82, 2.24) is 9.88 Å². The standard InChI is InChI=1S/C17H19ClN4O2S/c1-10-8-22(13-6-4-12(18)5-7-13)14(23)9-21(10)16(24)15-11(2)20-17(19-3)25-15/h4-7,10H,8-9H2,1-3H3,(H,19,20)/t10-/m0/s1. The molecule has 1 fully saturated rings. The molecule has 1 atom stereocenters. The van der Waals surface area contributed by atoms with E-state index < -0.39 is 0 Å². The number of rotatable bonds is 3. The molecular weight excluding hydrogens is 360 g/mol. The van der Waals surface area contributed by atoms with Gasteiger partial charge in [-0.15, -0.1) is 0 Å². The van der Waals surface area contributed by atoms with Crippen LogP contribution >= 0.6 is 22.9 Å². The van der Waals surface area contributed by atoms with Crippen molar-refractivity contribution < 1.29 is 9.59 Å². The molecule has 0 bridgehead atoms. The number of anilines is 2. The highest BCUT2D eigenvalue weighted by Crippen LogP contribution is 2.27. The van der Waals surface area contributed by atoms with E-state index in [4.69, 9.17) is 11.6 Å². The molecule has 8 heteroatoms. The summed E-state index contributed by atoms with van der Waals surface area (Å²) in [6, 6.07) is 7.05. The number of carbonyl (C=O) groups is 2. The molecular formula is C17H19ClN4O2S. The van der Waals surface area contributed by atoms with Crippen molar-refractivity contribution in [2.75, 3.05) is 30.4 Å². The molecule has 2 aromatic rings. The van der Waals surface area contributed by atoms with E-state index in [0.29, 0.717) is 27.3 Å². The van der Waals surface area contributed by atoms with Crippen LogP contribution in [0.2, 0.25) is 5.02 Å². The Morgan fingerprint density at radius 2 is 2.04 bits per heavy atom. The summed E-state index contributed by atoms with van der Waals surface area (Å²) in [5.74, 6) is -0.252. The Kier molecular flexibility index (Phi) is 4.96. The van der Waals surface area contributed by atoms with Crippen molar-refractivity contribution in [2.45, 2.75) is 19.9 Å². The van der Waals surface area contributed by atoms with Gasteiger partial charge in [0.05, 0.1) is 5.69 Å². The molecule has 1 aromatic heterocycles. The molecule has 1 N–H and O–H groups in total.